The molecule has 0 aliphatic carbocycles. The van der Waals surface area contributed by atoms with Gasteiger partial charge in [-0.25, -0.2) is 4.68 Å². The highest BCUT2D eigenvalue weighted by Crippen LogP contribution is 2.18. The zero-order valence-corrected chi connectivity index (χ0v) is 7.69. The fourth-order valence-corrected chi connectivity index (χ4v) is 1.31. The third kappa shape index (κ3) is 1.24. The Labute approximate surface area is 76.1 Å². The largest absolute Gasteiger partial charge is 0.497 e. The average Bonchev–Trinajstić information content (AvgIpc) is 2.59. The van der Waals surface area contributed by atoms with Gasteiger partial charge in [-0.2, -0.15) is 0 Å². The molecule has 4 heteroatoms. The minimum absolute atomic E-state index is 0.823. The van der Waals surface area contributed by atoms with Crippen LogP contribution in [-0.4, -0.2) is 22.1 Å². The van der Waals surface area contributed by atoms with E-state index in [-0.39, 0.29) is 0 Å². The van der Waals surface area contributed by atoms with E-state index in [1.165, 1.54) is 0 Å². The van der Waals surface area contributed by atoms with Gasteiger partial charge in [0.05, 0.1) is 12.6 Å². The molecule has 0 amide bonds. The van der Waals surface area contributed by atoms with Gasteiger partial charge in [0.2, 0.25) is 0 Å². The van der Waals surface area contributed by atoms with Crippen LogP contribution in [0, 0.1) is 0 Å². The van der Waals surface area contributed by atoms with E-state index in [1.54, 1.807) is 7.11 Å². The molecule has 0 fully saturated rings. The van der Waals surface area contributed by atoms with Gasteiger partial charge in [-0.1, -0.05) is 5.21 Å². The van der Waals surface area contributed by atoms with Gasteiger partial charge in [-0.15, -0.1) is 5.10 Å². The Hall–Kier alpha value is -1.58. The van der Waals surface area contributed by atoms with Crippen LogP contribution in [0.15, 0.2) is 18.2 Å². The summed E-state index contributed by atoms with van der Waals surface area (Å²) in [5.41, 5.74) is 1.92. The molecule has 0 atom stereocenters. The van der Waals surface area contributed by atoms with E-state index >= 15 is 0 Å². The Morgan fingerprint density at radius 1 is 1.46 bits per heavy atom. The molecule has 0 aliphatic rings. The second-order valence-electron chi connectivity index (χ2n) is 2.76. The van der Waals surface area contributed by atoms with E-state index in [0.717, 1.165) is 23.3 Å². The molecule has 1 aromatic carbocycles. The predicted molar refractivity (Wildman–Crippen MR) is 49.8 cm³/mol. The molecule has 2 rings (SSSR count). The number of ether oxygens (including phenoxy) is 1. The van der Waals surface area contributed by atoms with Gasteiger partial charge < -0.3 is 4.74 Å². The first-order valence-electron chi connectivity index (χ1n) is 4.22. The maximum absolute atomic E-state index is 5.12. The predicted octanol–water partition coefficient (Wildman–Crippen LogP) is 1.46. The van der Waals surface area contributed by atoms with Crippen LogP contribution < -0.4 is 4.74 Å². The minimum Gasteiger partial charge on any atom is -0.497 e. The van der Waals surface area contributed by atoms with Crippen molar-refractivity contribution < 1.29 is 4.74 Å². The van der Waals surface area contributed by atoms with Crippen molar-refractivity contribution in [3.8, 4) is 5.75 Å². The van der Waals surface area contributed by atoms with Crippen molar-refractivity contribution in [3.05, 3.63) is 18.2 Å². The van der Waals surface area contributed by atoms with Crippen LogP contribution in [0.2, 0.25) is 0 Å². The number of aromatic nitrogens is 3. The lowest BCUT2D eigenvalue weighted by Gasteiger charge is -1.99. The molecule has 0 aliphatic heterocycles. The maximum Gasteiger partial charge on any atom is 0.121 e. The Morgan fingerprint density at radius 3 is 3.00 bits per heavy atom. The molecule has 0 N–H and O–H groups in total. The van der Waals surface area contributed by atoms with Crippen LogP contribution in [0.3, 0.4) is 0 Å². The quantitative estimate of drug-likeness (QED) is 0.697. The minimum atomic E-state index is 0.823. The molecule has 0 bridgehead atoms. The number of methoxy groups -OCH3 is 1. The standard InChI is InChI=1S/C9H11N3O/c1-3-12-9-6-7(13-2)4-5-8(9)10-11-12/h4-6H,3H2,1-2H3. The highest BCUT2D eigenvalue weighted by atomic mass is 16.5. The number of rotatable bonds is 2. The molecule has 68 valence electrons. The summed E-state index contributed by atoms with van der Waals surface area (Å²) in [6.45, 7) is 2.86. The summed E-state index contributed by atoms with van der Waals surface area (Å²) in [6.07, 6.45) is 0. The number of fused-ring (bicyclic) bond motifs is 1. The zero-order chi connectivity index (χ0) is 9.26. The number of aryl methyl sites for hydroxylation is 1. The molecule has 13 heavy (non-hydrogen) atoms. The molecule has 0 spiro atoms. The lowest BCUT2D eigenvalue weighted by molar-refractivity contribution is 0.415. The van der Waals surface area contributed by atoms with Crippen LogP contribution in [0.5, 0.6) is 5.75 Å². The third-order valence-corrected chi connectivity index (χ3v) is 2.02. The topological polar surface area (TPSA) is 39.9 Å². The van der Waals surface area contributed by atoms with E-state index in [2.05, 4.69) is 10.3 Å². The van der Waals surface area contributed by atoms with Crippen LogP contribution >= 0.6 is 0 Å². The average molecular weight is 177 g/mol. The molecule has 4 nitrogen and oxygen atoms in total. The van der Waals surface area contributed by atoms with Gasteiger partial charge in [-0.3, -0.25) is 0 Å². The first-order valence-corrected chi connectivity index (χ1v) is 4.22. The van der Waals surface area contributed by atoms with Gasteiger partial charge in [0.25, 0.3) is 0 Å². The van der Waals surface area contributed by atoms with Crippen LogP contribution in [0.1, 0.15) is 6.92 Å². The highest BCUT2D eigenvalue weighted by molar-refractivity contribution is 5.75. The van der Waals surface area contributed by atoms with Crippen molar-refractivity contribution in [1.82, 2.24) is 15.0 Å². The first-order chi connectivity index (χ1) is 6.35. The van der Waals surface area contributed by atoms with Gasteiger partial charge >= 0.3 is 0 Å². The SMILES string of the molecule is CCn1nnc2ccc(OC)cc21. The number of benzene rings is 1. The molecule has 0 saturated carbocycles. The summed E-state index contributed by atoms with van der Waals surface area (Å²) >= 11 is 0. The van der Waals surface area contributed by atoms with Crippen molar-refractivity contribution in [1.29, 1.82) is 0 Å². The normalized spacial score (nSPS) is 10.6. The fraction of sp³-hybridized carbons (Fsp3) is 0.333. The molecule has 0 saturated heterocycles. The summed E-state index contributed by atoms with van der Waals surface area (Å²) in [4.78, 5) is 0. The Bertz CT molecular complexity index is 422. The van der Waals surface area contributed by atoms with E-state index in [0.29, 0.717) is 0 Å². The van der Waals surface area contributed by atoms with Crippen molar-refractivity contribution >= 4 is 11.0 Å². The van der Waals surface area contributed by atoms with Crippen LogP contribution in [-0.2, 0) is 6.54 Å². The van der Waals surface area contributed by atoms with Crippen molar-refractivity contribution in [2.75, 3.05) is 7.11 Å². The van der Waals surface area contributed by atoms with Gasteiger partial charge in [0, 0.05) is 12.6 Å². The van der Waals surface area contributed by atoms with Crippen molar-refractivity contribution in [2.24, 2.45) is 0 Å². The molecule has 1 heterocycles. The molecular weight excluding hydrogens is 166 g/mol. The molecule has 0 unspecified atom stereocenters. The van der Waals surface area contributed by atoms with Crippen molar-refractivity contribution in [2.45, 2.75) is 13.5 Å². The summed E-state index contributed by atoms with van der Waals surface area (Å²) in [5.74, 6) is 0.838. The number of hydrogen-bond donors (Lipinski definition) is 0. The molecular formula is C9H11N3O. The Morgan fingerprint density at radius 2 is 2.31 bits per heavy atom. The van der Waals surface area contributed by atoms with E-state index < -0.39 is 0 Å². The Balaban J connectivity index is 2.64. The molecule has 2 aromatic rings. The lowest BCUT2D eigenvalue weighted by Crippen LogP contribution is -1.95. The zero-order valence-electron chi connectivity index (χ0n) is 7.69. The fourth-order valence-electron chi connectivity index (χ4n) is 1.31. The lowest BCUT2D eigenvalue weighted by atomic mass is 10.3. The maximum atomic E-state index is 5.12. The third-order valence-electron chi connectivity index (χ3n) is 2.02. The summed E-state index contributed by atoms with van der Waals surface area (Å²) in [5, 5.41) is 8.02. The second-order valence-corrected chi connectivity index (χ2v) is 2.76. The van der Waals surface area contributed by atoms with E-state index in [1.807, 2.05) is 29.8 Å². The summed E-state index contributed by atoms with van der Waals surface area (Å²) < 4.78 is 6.97. The summed E-state index contributed by atoms with van der Waals surface area (Å²) in [7, 11) is 1.65. The molecule has 1 aromatic heterocycles. The van der Waals surface area contributed by atoms with Gasteiger partial charge in [0.15, 0.2) is 0 Å². The van der Waals surface area contributed by atoms with Gasteiger partial charge in [0.1, 0.15) is 11.3 Å². The smallest absolute Gasteiger partial charge is 0.121 e. The van der Waals surface area contributed by atoms with Gasteiger partial charge in [-0.05, 0) is 19.1 Å². The Kier molecular flexibility index (Phi) is 1.88. The number of hydrogen-bond acceptors (Lipinski definition) is 3. The second kappa shape index (κ2) is 3.05. The van der Waals surface area contributed by atoms with E-state index in [4.69, 9.17) is 4.74 Å². The molecule has 0 radical (unpaired) electrons. The first kappa shape index (κ1) is 8.04. The monoisotopic (exact) mass is 177 g/mol. The van der Waals surface area contributed by atoms with Crippen LogP contribution in [0.25, 0.3) is 11.0 Å². The summed E-state index contributed by atoms with van der Waals surface area (Å²) in [6, 6.07) is 5.74. The van der Waals surface area contributed by atoms with Crippen LogP contribution in [0.4, 0.5) is 0 Å². The van der Waals surface area contributed by atoms with E-state index in [9.17, 15) is 0 Å². The highest BCUT2D eigenvalue weighted by Gasteiger charge is 2.03. The number of nitrogens with zero attached hydrogens (tertiary/aromatic N) is 3. The van der Waals surface area contributed by atoms with Crippen molar-refractivity contribution in [3.63, 3.8) is 0 Å².